The molecule has 3 aromatic rings. The van der Waals surface area contributed by atoms with Gasteiger partial charge in [-0.05, 0) is 55.8 Å². The fourth-order valence-corrected chi connectivity index (χ4v) is 2.68. The van der Waals surface area contributed by atoms with Crippen molar-refractivity contribution in [2.45, 2.75) is 26.4 Å². The number of amides is 1. The average Bonchev–Trinajstić information content (AvgIpc) is 2.99. The van der Waals surface area contributed by atoms with Crippen LogP contribution in [0.5, 0.6) is 0 Å². The van der Waals surface area contributed by atoms with Crippen LogP contribution in [-0.2, 0) is 11.3 Å². The van der Waals surface area contributed by atoms with E-state index in [1.165, 1.54) is 18.2 Å². The molecule has 0 aliphatic carbocycles. The monoisotopic (exact) mass is 370 g/mol. The maximum Gasteiger partial charge on any atom is 0.244 e. The third-order valence-electron chi connectivity index (χ3n) is 3.83. The van der Waals surface area contributed by atoms with Crippen LogP contribution in [0.25, 0.3) is 17.0 Å². The van der Waals surface area contributed by atoms with Crippen LogP contribution in [0, 0.1) is 11.6 Å². The molecule has 0 radical (unpaired) electrons. The molecule has 0 atom stereocenters. The third kappa shape index (κ3) is 4.91. The summed E-state index contributed by atoms with van der Waals surface area (Å²) in [5.74, 6) is -1.40. The molecular formula is C20H20F2N4O. The van der Waals surface area contributed by atoms with Crippen LogP contribution in [-0.4, -0.2) is 22.1 Å². The maximum absolute atomic E-state index is 13.3. The van der Waals surface area contributed by atoms with E-state index in [0.717, 1.165) is 22.7 Å². The third-order valence-corrected chi connectivity index (χ3v) is 3.83. The molecule has 0 saturated heterocycles. The van der Waals surface area contributed by atoms with E-state index in [0.29, 0.717) is 11.3 Å². The van der Waals surface area contributed by atoms with Crippen LogP contribution >= 0.6 is 0 Å². The second-order valence-corrected chi connectivity index (χ2v) is 6.50. The van der Waals surface area contributed by atoms with E-state index in [9.17, 15) is 13.6 Å². The molecule has 0 saturated carbocycles. The molecule has 1 heterocycles. The molecule has 3 rings (SSSR count). The van der Waals surface area contributed by atoms with Gasteiger partial charge in [0.25, 0.3) is 0 Å². The van der Waals surface area contributed by atoms with Crippen molar-refractivity contribution < 1.29 is 13.6 Å². The summed E-state index contributed by atoms with van der Waals surface area (Å²) >= 11 is 0. The Bertz CT molecular complexity index is 975. The zero-order valence-electron chi connectivity index (χ0n) is 15.0. The Kier molecular flexibility index (Phi) is 5.49. The zero-order chi connectivity index (χ0) is 19.4. The smallest absolute Gasteiger partial charge is 0.244 e. The SMILES string of the molecule is CC(C)NC(=O)/C=C/c1[nH]nc2ccc(NCc3cc(F)cc(F)c3)cc12. The standard InChI is InChI=1S/C20H20F2N4O/c1-12(2)24-20(27)6-5-19-17-10-16(3-4-18(17)25-26-19)23-11-13-7-14(21)9-15(22)8-13/h3-10,12,23H,11H2,1-2H3,(H,24,27)(H,25,26)/b6-5+. The molecule has 3 N–H and O–H groups in total. The average molecular weight is 370 g/mol. The molecule has 5 nitrogen and oxygen atoms in total. The van der Waals surface area contributed by atoms with Crippen LogP contribution in [0.2, 0.25) is 0 Å². The number of aromatic nitrogens is 2. The summed E-state index contributed by atoms with van der Waals surface area (Å²) in [4.78, 5) is 11.8. The summed E-state index contributed by atoms with van der Waals surface area (Å²) in [5.41, 5.74) is 2.73. The second-order valence-electron chi connectivity index (χ2n) is 6.50. The number of benzene rings is 2. The Morgan fingerprint density at radius 1 is 1.19 bits per heavy atom. The van der Waals surface area contributed by atoms with Crippen LogP contribution in [0.1, 0.15) is 25.1 Å². The Labute approximate surface area is 155 Å². The van der Waals surface area contributed by atoms with Crippen LogP contribution in [0.15, 0.2) is 42.5 Å². The lowest BCUT2D eigenvalue weighted by Gasteiger charge is -2.07. The van der Waals surface area contributed by atoms with Gasteiger partial charge in [0, 0.05) is 35.8 Å². The highest BCUT2D eigenvalue weighted by atomic mass is 19.1. The highest BCUT2D eigenvalue weighted by molar-refractivity contribution is 5.96. The lowest BCUT2D eigenvalue weighted by molar-refractivity contribution is -0.116. The lowest BCUT2D eigenvalue weighted by Crippen LogP contribution is -2.28. The predicted molar refractivity (Wildman–Crippen MR) is 102 cm³/mol. The Morgan fingerprint density at radius 3 is 2.63 bits per heavy atom. The molecule has 140 valence electrons. The highest BCUT2D eigenvalue weighted by Crippen LogP contribution is 2.22. The van der Waals surface area contributed by atoms with Crippen LogP contribution in [0.3, 0.4) is 0 Å². The molecule has 0 aliphatic heterocycles. The first-order valence-electron chi connectivity index (χ1n) is 8.56. The van der Waals surface area contributed by atoms with E-state index >= 15 is 0 Å². The first-order valence-corrected chi connectivity index (χ1v) is 8.56. The van der Waals surface area contributed by atoms with Gasteiger partial charge in [0.15, 0.2) is 0 Å². The van der Waals surface area contributed by atoms with Crippen LogP contribution < -0.4 is 10.6 Å². The minimum atomic E-state index is -0.607. The summed E-state index contributed by atoms with van der Waals surface area (Å²) in [6.07, 6.45) is 3.11. The molecule has 1 amide bonds. The quantitative estimate of drug-likeness (QED) is 0.575. The van der Waals surface area contributed by atoms with Gasteiger partial charge in [-0.25, -0.2) is 8.78 Å². The van der Waals surface area contributed by atoms with Crippen molar-refractivity contribution >= 4 is 28.6 Å². The van der Waals surface area contributed by atoms with Gasteiger partial charge in [-0.2, -0.15) is 5.10 Å². The largest absolute Gasteiger partial charge is 0.381 e. The van der Waals surface area contributed by atoms with Crippen molar-refractivity contribution in [2.24, 2.45) is 0 Å². The summed E-state index contributed by atoms with van der Waals surface area (Å²) in [6, 6.07) is 9.00. The van der Waals surface area contributed by atoms with Crippen molar-refractivity contribution in [2.75, 3.05) is 5.32 Å². The second kappa shape index (κ2) is 7.99. The number of halogens is 2. The number of anilines is 1. The van der Waals surface area contributed by atoms with E-state index < -0.39 is 11.6 Å². The van der Waals surface area contributed by atoms with Gasteiger partial charge in [-0.1, -0.05) is 0 Å². The Hall–Kier alpha value is -3.22. The van der Waals surface area contributed by atoms with Crippen molar-refractivity contribution in [1.29, 1.82) is 0 Å². The van der Waals surface area contributed by atoms with Crippen molar-refractivity contribution in [1.82, 2.24) is 15.5 Å². The number of carbonyl (C=O) groups is 1. The number of H-pyrrole nitrogens is 1. The highest BCUT2D eigenvalue weighted by Gasteiger charge is 2.06. The first kappa shape index (κ1) is 18.6. The number of fused-ring (bicyclic) bond motifs is 1. The lowest BCUT2D eigenvalue weighted by atomic mass is 10.1. The van der Waals surface area contributed by atoms with E-state index in [1.54, 1.807) is 6.08 Å². The van der Waals surface area contributed by atoms with E-state index in [1.807, 2.05) is 32.0 Å². The summed E-state index contributed by atoms with van der Waals surface area (Å²) < 4.78 is 26.6. The van der Waals surface area contributed by atoms with Gasteiger partial charge in [0.05, 0.1) is 11.2 Å². The summed E-state index contributed by atoms with van der Waals surface area (Å²) in [5, 5.41) is 13.8. The van der Waals surface area contributed by atoms with E-state index in [2.05, 4.69) is 20.8 Å². The molecule has 2 aromatic carbocycles. The number of hydrogen-bond acceptors (Lipinski definition) is 3. The maximum atomic E-state index is 13.3. The first-order chi connectivity index (χ1) is 12.9. The molecule has 0 bridgehead atoms. The number of nitrogens with one attached hydrogen (secondary N) is 3. The van der Waals surface area contributed by atoms with Crippen LogP contribution in [0.4, 0.5) is 14.5 Å². The van der Waals surface area contributed by atoms with Gasteiger partial charge >= 0.3 is 0 Å². The topological polar surface area (TPSA) is 69.8 Å². The van der Waals surface area contributed by atoms with Gasteiger partial charge < -0.3 is 10.6 Å². The number of hydrogen-bond donors (Lipinski definition) is 3. The number of nitrogens with zero attached hydrogens (tertiary/aromatic N) is 1. The van der Waals surface area contributed by atoms with E-state index in [-0.39, 0.29) is 18.5 Å². The molecule has 0 fully saturated rings. The van der Waals surface area contributed by atoms with Gasteiger partial charge in [-0.15, -0.1) is 0 Å². The summed E-state index contributed by atoms with van der Waals surface area (Å²) in [7, 11) is 0. The van der Waals surface area contributed by atoms with Gasteiger partial charge in [-0.3, -0.25) is 9.89 Å². The molecule has 0 spiro atoms. The Morgan fingerprint density at radius 2 is 1.93 bits per heavy atom. The fourth-order valence-electron chi connectivity index (χ4n) is 2.68. The number of carbonyl (C=O) groups excluding carboxylic acids is 1. The minimum Gasteiger partial charge on any atom is -0.381 e. The molecule has 7 heteroatoms. The minimum absolute atomic E-state index is 0.0594. The van der Waals surface area contributed by atoms with Crippen molar-refractivity contribution in [3.05, 3.63) is 65.4 Å². The molecule has 1 aromatic heterocycles. The number of aromatic amines is 1. The molecule has 0 unspecified atom stereocenters. The fraction of sp³-hybridized carbons (Fsp3) is 0.200. The van der Waals surface area contributed by atoms with Gasteiger partial charge in [0.1, 0.15) is 11.6 Å². The normalized spacial score (nSPS) is 11.4. The van der Waals surface area contributed by atoms with E-state index in [4.69, 9.17) is 0 Å². The van der Waals surface area contributed by atoms with Crippen molar-refractivity contribution in [3.8, 4) is 0 Å². The zero-order valence-corrected chi connectivity index (χ0v) is 15.0. The molecule has 27 heavy (non-hydrogen) atoms. The predicted octanol–water partition coefficient (Wildman–Crippen LogP) is 3.99. The molecule has 0 aliphatic rings. The summed E-state index contributed by atoms with van der Waals surface area (Å²) in [6.45, 7) is 4.06. The van der Waals surface area contributed by atoms with Gasteiger partial charge in [0.2, 0.25) is 5.91 Å². The van der Waals surface area contributed by atoms with Crippen molar-refractivity contribution in [3.63, 3.8) is 0 Å². The molecular weight excluding hydrogens is 350 g/mol. The Balaban J connectivity index is 1.76. The number of rotatable bonds is 6.